The molecule has 1 saturated heterocycles. The maximum atomic E-state index is 13.1. The Morgan fingerprint density at radius 2 is 2.00 bits per heavy atom. The molecule has 3 heterocycles. The second-order valence-corrected chi connectivity index (χ2v) is 9.37. The highest BCUT2D eigenvalue weighted by Gasteiger charge is 2.27. The van der Waals surface area contributed by atoms with Crippen LogP contribution in [0.15, 0.2) is 71.3 Å². The van der Waals surface area contributed by atoms with E-state index in [1.165, 1.54) is 0 Å². The van der Waals surface area contributed by atoms with Gasteiger partial charge in [-0.3, -0.25) is 4.79 Å². The average Bonchev–Trinajstić information content (AvgIpc) is 3.33. The van der Waals surface area contributed by atoms with E-state index < -0.39 is 0 Å². The van der Waals surface area contributed by atoms with E-state index in [-0.39, 0.29) is 11.8 Å². The smallest absolute Gasteiger partial charge is 0.253 e. The number of benzene rings is 2. The predicted molar refractivity (Wildman–Crippen MR) is 133 cm³/mol. The van der Waals surface area contributed by atoms with E-state index in [0.29, 0.717) is 17.0 Å². The van der Waals surface area contributed by atoms with E-state index in [2.05, 4.69) is 23.8 Å². The lowest BCUT2D eigenvalue weighted by atomic mass is 9.95. The molecule has 3 aromatic rings. The number of allylic oxidation sites excluding steroid dienone is 1. The SMILES string of the molecule is C=C1Nc2ccc(Cl)cc2C1Cc1ccc(-c2cccc(C(=O)N3CCCN(C)CC3)c2)o1. The van der Waals surface area contributed by atoms with Crippen molar-refractivity contribution >= 4 is 23.2 Å². The number of furan rings is 1. The molecule has 170 valence electrons. The van der Waals surface area contributed by atoms with Crippen LogP contribution in [0.1, 0.15) is 34.0 Å². The number of carbonyl (C=O) groups excluding carboxylic acids is 1. The first-order chi connectivity index (χ1) is 16.0. The predicted octanol–water partition coefficient (Wildman–Crippen LogP) is 5.64. The third-order valence-electron chi connectivity index (χ3n) is 6.57. The van der Waals surface area contributed by atoms with Crippen molar-refractivity contribution < 1.29 is 9.21 Å². The Bertz CT molecular complexity index is 1200. The Labute approximate surface area is 199 Å². The number of nitrogens with one attached hydrogen (secondary N) is 1. The molecule has 2 aliphatic rings. The van der Waals surface area contributed by atoms with Gasteiger partial charge in [0.25, 0.3) is 5.91 Å². The van der Waals surface area contributed by atoms with Crippen LogP contribution in [0.3, 0.4) is 0 Å². The Morgan fingerprint density at radius 1 is 1.12 bits per heavy atom. The molecule has 0 saturated carbocycles. The van der Waals surface area contributed by atoms with Crippen LogP contribution in [0.4, 0.5) is 5.69 Å². The Balaban J connectivity index is 1.33. The van der Waals surface area contributed by atoms with Crippen LogP contribution in [0.25, 0.3) is 11.3 Å². The Kier molecular flexibility index (Phi) is 6.00. The van der Waals surface area contributed by atoms with Gasteiger partial charge in [0, 0.05) is 59.5 Å². The fourth-order valence-corrected chi connectivity index (χ4v) is 4.88. The summed E-state index contributed by atoms with van der Waals surface area (Å²) in [6.07, 6.45) is 1.69. The van der Waals surface area contributed by atoms with Gasteiger partial charge in [-0.05, 0) is 68.0 Å². The third-order valence-corrected chi connectivity index (χ3v) is 6.81. The molecule has 6 heteroatoms. The molecule has 1 unspecified atom stereocenters. The minimum Gasteiger partial charge on any atom is -0.461 e. The molecular weight excluding hydrogens is 434 g/mol. The van der Waals surface area contributed by atoms with Crippen molar-refractivity contribution in [2.75, 3.05) is 38.5 Å². The Hall–Kier alpha value is -3.02. The van der Waals surface area contributed by atoms with Gasteiger partial charge in [-0.1, -0.05) is 30.3 Å². The molecule has 1 amide bonds. The summed E-state index contributed by atoms with van der Waals surface area (Å²) in [5.74, 6) is 1.82. The van der Waals surface area contributed by atoms with Gasteiger partial charge in [0.1, 0.15) is 11.5 Å². The number of hydrogen-bond acceptors (Lipinski definition) is 4. The lowest BCUT2D eigenvalue weighted by molar-refractivity contribution is 0.0763. The monoisotopic (exact) mass is 461 g/mol. The van der Waals surface area contributed by atoms with Gasteiger partial charge < -0.3 is 19.5 Å². The van der Waals surface area contributed by atoms with Crippen LogP contribution in [0, 0.1) is 0 Å². The fraction of sp³-hybridized carbons (Fsp3) is 0.296. The molecule has 5 nitrogen and oxygen atoms in total. The summed E-state index contributed by atoms with van der Waals surface area (Å²) in [7, 11) is 2.10. The summed E-state index contributed by atoms with van der Waals surface area (Å²) in [6, 6.07) is 17.6. The zero-order valence-electron chi connectivity index (χ0n) is 18.8. The average molecular weight is 462 g/mol. The number of halogens is 1. The van der Waals surface area contributed by atoms with Gasteiger partial charge in [-0.2, -0.15) is 0 Å². The summed E-state index contributed by atoms with van der Waals surface area (Å²) >= 11 is 6.22. The molecular formula is C27H28ClN3O2. The standard InChI is InChI=1S/C27H28ClN3O2/c1-18-23(24-16-21(28)7-9-25(24)29-18)17-22-8-10-26(33-22)19-5-3-6-20(15-19)27(32)31-12-4-11-30(2)13-14-31/h3,5-10,15-16,23,29H,1,4,11-14,17H2,2H3. The number of amides is 1. The van der Waals surface area contributed by atoms with E-state index in [1.807, 2.05) is 59.5 Å². The molecule has 0 spiro atoms. The van der Waals surface area contributed by atoms with Crippen molar-refractivity contribution in [3.8, 4) is 11.3 Å². The van der Waals surface area contributed by atoms with Gasteiger partial charge in [-0.25, -0.2) is 0 Å². The van der Waals surface area contributed by atoms with Crippen LogP contribution < -0.4 is 5.32 Å². The van der Waals surface area contributed by atoms with Crippen molar-refractivity contribution in [3.05, 3.63) is 88.8 Å². The second-order valence-electron chi connectivity index (χ2n) is 8.93. The van der Waals surface area contributed by atoms with Gasteiger partial charge in [0.2, 0.25) is 0 Å². The van der Waals surface area contributed by atoms with Crippen LogP contribution in [-0.4, -0.2) is 48.9 Å². The molecule has 33 heavy (non-hydrogen) atoms. The third kappa shape index (κ3) is 4.56. The summed E-state index contributed by atoms with van der Waals surface area (Å²) in [6.45, 7) is 7.67. The quantitative estimate of drug-likeness (QED) is 0.546. The van der Waals surface area contributed by atoms with Gasteiger partial charge in [-0.15, -0.1) is 0 Å². The summed E-state index contributed by atoms with van der Waals surface area (Å²) in [5, 5.41) is 4.07. The lowest BCUT2D eigenvalue weighted by Crippen LogP contribution is -2.34. The van der Waals surface area contributed by atoms with Gasteiger partial charge in [0.15, 0.2) is 0 Å². The maximum Gasteiger partial charge on any atom is 0.253 e. The summed E-state index contributed by atoms with van der Waals surface area (Å²) in [4.78, 5) is 17.3. The molecule has 1 aromatic heterocycles. The highest BCUT2D eigenvalue weighted by Crippen LogP contribution is 2.41. The number of hydrogen-bond donors (Lipinski definition) is 1. The van der Waals surface area contributed by atoms with Crippen LogP contribution in [0.2, 0.25) is 5.02 Å². The number of anilines is 1. The van der Waals surface area contributed by atoms with Crippen molar-refractivity contribution in [1.82, 2.24) is 9.80 Å². The molecule has 2 aromatic carbocycles. The van der Waals surface area contributed by atoms with Crippen LogP contribution >= 0.6 is 11.6 Å². The highest BCUT2D eigenvalue weighted by molar-refractivity contribution is 6.30. The van der Waals surface area contributed by atoms with E-state index in [1.54, 1.807) is 0 Å². The second kappa shape index (κ2) is 9.08. The minimum absolute atomic E-state index is 0.0840. The van der Waals surface area contributed by atoms with E-state index in [0.717, 1.165) is 66.6 Å². The number of rotatable bonds is 4. The van der Waals surface area contributed by atoms with Gasteiger partial charge >= 0.3 is 0 Å². The van der Waals surface area contributed by atoms with Crippen molar-refractivity contribution in [3.63, 3.8) is 0 Å². The zero-order chi connectivity index (χ0) is 22.9. The van der Waals surface area contributed by atoms with E-state index >= 15 is 0 Å². The number of likely N-dealkylation sites (N-methyl/N-ethyl adjacent to an activating group) is 1. The fourth-order valence-electron chi connectivity index (χ4n) is 4.70. The number of nitrogens with zero attached hydrogens (tertiary/aromatic N) is 2. The van der Waals surface area contributed by atoms with E-state index in [4.69, 9.17) is 16.0 Å². The van der Waals surface area contributed by atoms with Crippen LogP contribution in [0.5, 0.6) is 0 Å². The normalized spacial score (nSPS) is 18.7. The molecule has 2 aliphatic heterocycles. The van der Waals surface area contributed by atoms with Crippen LogP contribution in [-0.2, 0) is 6.42 Å². The first kappa shape index (κ1) is 21.8. The first-order valence-electron chi connectivity index (χ1n) is 11.4. The molecule has 0 radical (unpaired) electrons. The van der Waals surface area contributed by atoms with Crippen molar-refractivity contribution in [1.29, 1.82) is 0 Å². The Morgan fingerprint density at radius 3 is 2.88 bits per heavy atom. The van der Waals surface area contributed by atoms with Crippen molar-refractivity contribution in [2.24, 2.45) is 0 Å². The summed E-state index contributed by atoms with van der Waals surface area (Å²) < 4.78 is 6.21. The number of fused-ring (bicyclic) bond motifs is 1. The molecule has 0 bridgehead atoms. The first-order valence-corrected chi connectivity index (χ1v) is 11.8. The topological polar surface area (TPSA) is 48.7 Å². The molecule has 1 atom stereocenters. The lowest BCUT2D eigenvalue weighted by Gasteiger charge is -2.20. The largest absolute Gasteiger partial charge is 0.461 e. The molecule has 0 aliphatic carbocycles. The zero-order valence-corrected chi connectivity index (χ0v) is 19.6. The van der Waals surface area contributed by atoms with Gasteiger partial charge in [0.05, 0.1) is 0 Å². The minimum atomic E-state index is 0.0840. The number of carbonyl (C=O) groups is 1. The maximum absolute atomic E-state index is 13.1. The summed E-state index contributed by atoms with van der Waals surface area (Å²) in [5.41, 5.74) is 4.74. The highest BCUT2D eigenvalue weighted by atomic mass is 35.5. The van der Waals surface area contributed by atoms with E-state index in [9.17, 15) is 4.79 Å². The molecule has 5 rings (SSSR count). The van der Waals surface area contributed by atoms with Crippen molar-refractivity contribution in [2.45, 2.75) is 18.8 Å². The molecule has 1 fully saturated rings. The molecule has 1 N–H and O–H groups in total.